The Morgan fingerprint density at radius 1 is 0.743 bits per heavy atom. The van der Waals surface area contributed by atoms with Crippen LogP contribution in [0.2, 0.25) is 0 Å². The lowest BCUT2D eigenvalue weighted by Gasteiger charge is -2.13. The van der Waals surface area contributed by atoms with E-state index in [1.165, 1.54) is 6.92 Å². The zero-order valence-corrected chi connectivity index (χ0v) is 19.1. The van der Waals surface area contributed by atoms with Gasteiger partial charge in [0.2, 0.25) is 5.91 Å². The predicted octanol–water partition coefficient (Wildman–Crippen LogP) is 5.16. The van der Waals surface area contributed by atoms with Crippen molar-refractivity contribution in [1.82, 2.24) is 0 Å². The second kappa shape index (κ2) is 11.0. The van der Waals surface area contributed by atoms with Crippen molar-refractivity contribution in [3.05, 3.63) is 96.1 Å². The standard InChI is InChI=1S/C20H13N3.C8H11N3O/c21-12-18-16(14-7-3-1-4-8-14)11-17(19(13-22)20(18)23)15-9-5-2-6-10-15;1-5(12)11-8-4-6(9)2-3-7(8)10/h1-11H,23H2;2-4H,9-10H2,1H3,(H,11,12). The van der Waals surface area contributed by atoms with Crippen LogP contribution in [0.25, 0.3) is 22.3 Å². The monoisotopic (exact) mass is 460 g/mol. The van der Waals surface area contributed by atoms with Crippen LogP contribution in [0.1, 0.15) is 18.1 Å². The van der Waals surface area contributed by atoms with Gasteiger partial charge in [-0.05, 0) is 35.4 Å². The maximum atomic E-state index is 10.7. The van der Waals surface area contributed by atoms with E-state index in [4.69, 9.17) is 17.2 Å². The summed E-state index contributed by atoms with van der Waals surface area (Å²) < 4.78 is 0. The van der Waals surface area contributed by atoms with Crippen molar-refractivity contribution in [2.75, 3.05) is 22.5 Å². The summed E-state index contributed by atoms with van der Waals surface area (Å²) in [6.07, 6.45) is 0. The molecule has 7 N–H and O–H groups in total. The molecule has 4 aromatic carbocycles. The molecule has 0 aliphatic carbocycles. The van der Waals surface area contributed by atoms with Crippen molar-refractivity contribution in [2.45, 2.75) is 6.92 Å². The molecule has 0 unspecified atom stereocenters. The first-order valence-electron chi connectivity index (χ1n) is 10.7. The van der Waals surface area contributed by atoms with E-state index in [9.17, 15) is 15.3 Å². The Labute approximate surface area is 204 Å². The molecule has 0 heterocycles. The largest absolute Gasteiger partial charge is 0.399 e. The van der Waals surface area contributed by atoms with Gasteiger partial charge in [-0.15, -0.1) is 0 Å². The minimum Gasteiger partial charge on any atom is -0.399 e. The normalized spacial score (nSPS) is 9.69. The molecule has 0 saturated carbocycles. The number of carbonyl (C=O) groups is 1. The number of hydrogen-bond donors (Lipinski definition) is 4. The van der Waals surface area contributed by atoms with E-state index in [0.29, 0.717) is 28.2 Å². The molecule has 35 heavy (non-hydrogen) atoms. The van der Waals surface area contributed by atoms with E-state index in [2.05, 4.69) is 17.5 Å². The Kier molecular flexibility index (Phi) is 7.69. The van der Waals surface area contributed by atoms with Crippen molar-refractivity contribution in [3.8, 4) is 34.4 Å². The lowest BCUT2D eigenvalue weighted by molar-refractivity contribution is -0.114. The van der Waals surface area contributed by atoms with Gasteiger partial charge in [0.25, 0.3) is 0 Å². The number of nitrogens with one attached hydrogen (secondary N) is 1. The molecule has 1 amide bonds. The van der Waals surface area contributed by atoms with Gasteiger partial charge in [-0.25, -0.2) is 0 Å². The molecule has 0 saturated heterocycles. The number of anilines is 4. The SMILES string of the molecule is CC(=O)Nc1cc(N)ccc1N.N#Cc1c(-c2ccccc2)cc(-c2ccccc2)c(C#N)c1N. The number of nitrogens with zero attached hydrogens (tertiary/aromatic N) is 2. The third kappa shape index (κ3) is 5.75. The van der Waals surface area contributed by atoms with Crippen molar-refractivity contribution in [2.24, 2.45) is 0 Å². The third-order valence-corrected chi connectivity index (χ3v) is 5.15. The van der Waals surface area contributed by atoms with Crippen molar-refractivity contribution in [1.29, 1.82) is 10.5 Å². The molecule has 0 bridgehead atoms. The van der Waals surface area contributed by atoms with E-state index < -0.39 is 0 Å². The van der Waals surface area contributed by atoms with Crippen molar-refractivity contribution >= 4 is 28.7 Å². The Morgan fingerprint density at radius 2 is 1.23 bits per heavy atom. The van der Waals surface area contributed by atoms with Crippen LogP contribution in [-0.2, 0) is 4.79 Å². The number of nitrogen functional groups attached to an aromatic ring is 3. The van der Waals surface area contributed by atoms with Crippen LogP contribution >= 0.6 is 0 Å². The Balaban J connectivity index is 0.000000241. The molecule has 4 rings (SSSR count). The van der Waals surface area contributed by atoms with Crippen molar-refractivity contribution in [3.63, 3.8) is 0 Å². The van der Waals surface area contributed by atoms with E-state index in [1.54, 1.807) is 18.2 Å². The average molecular weight is 461 g/mol. The quantitative estimate of drug-likeness (QED) is 0.310. The fourth-order valence-corrected chi connectivity index (χ4v) is 3.51. The molecule has 0 aromatic heterocycles. The third-order valence-electron chi connectivity index (χ3n) is 5.15. The summed E-state index contributed by atoms with van der Waals surface area (Å²) in [7, 11) is 0. The summed E-state index contributed by atoms with van der Waals surface area (Å²) in [5.74, 6) is -0.160. The molecule has 0 spiro atoms. The smallest absolute Gasteiger partial charge is 0.221 e. The molecule has 0 fully saturated rings. The molecule has 7 nitrogen and oxygen atoms in total. The van der Waals surface area contributed by atoms with Gasteiger partial charge in [-0.1, -0.05) is 60.7 Å². The second-order valence-electron chi connectivity index (χ2n) is 7.62. The number of benzene rings is 4. The number of hydrogen-bond acceptors (Lipinski definition) is 6. The first-order valence-corrected chi connectivity index (χ1v) is 10.7. The lowest BCUT2D eigenvalue weighted by Crippen LogP contribution is -2.08. The number of nitrogens with two attached hydrogens (primary N) is 3. The van der Waals surface area contributed by atoms with Crippen LogP contribution in [0.3, 0.4) is 0 Å². The van der Waals surface area contributed by atoms with Gasteiger partial charge in [-0.2, -0.15) is 10.5 Å². The Bertz CT molecular complexity index is 1360. The maximum Gasteiger partial charge on any atom is 0.221 e. The molecule has 0 atom stereocenters. The Morgan fingerprint density at radius 3 is 1.66 bits per heavy atom. The van der Waals surface area contributed by atoms with Crippen LogP contribution in [-0.4, -0.2) is 5.91 Å². The van der Waals surface area contributed by atoms with E-state index in [-0.39, 0.29) is 11.6 Å². The number of amides is 1. The van der Waals surface area contributed by atoms with Gasteiger partial charge < -0.3 is 22.5 Å². The van der Waals surface area contributed by atoms with Gasteiger partial charge >= 0.3 is 0 Å². The minimum absolute atomic E-state index is 0.160. The molecule has 7 heteroatoms. The van der Waals surface area contributed by atoms with Crippen LogP contribution < -0.4 is 22.5 Å². The van der Waals surface area contributed by atoms with Crippen molar-refractivity contribution < 1.29 is 4.79 Å². The highest BCUT2D eigenvalue weighted by molar-refractivity contribution is 5.93. The average Bonchev–Trinajstić information content (AvgIpc) is 2.87. The van der Waals surface area contributed by atoms with Gasteiger partial charge in [0.15, 0.2) is 0 Å². The molecular weight excluding hydrogens is 436 g/mol. The highest BCUT2D eigenvalue weighted by Crippen LogP contribution is 2.36. The zero-order valence-electron chi connectivity index (χ0n) is 19.1. The van der Waals surface area contributed by atoms with Crippen LogP contribution in [0, 0.1) is 22.7 Å². The summed E-state index contributed by atoms with van der Waals surface area (Å²) >= 11 is 0. The van der Waals surface area contributed by atoms with Crippen LogP contribution in [0.5, 0.6) is 0 Å². The van der Waals surface area contributed by atoms with Crippen LogP contribution in [0.4, 0.5) is 22.7 Å². The molecule has 0 aliphatic rings. The summed E-state index contributed by atoms with van der Waals surface area (Å²) in [6.45, 7) is 1.42. The highest BCUT2D eigenvalue weighted by atomic mass is 16.1. The van der Waals surface area contributed by atoms with Crippen LogP contribution in [0.15, 0.2) is 84.9 Å². The topological polar surface area (TPSA) is 155 Å². The minimum atomic E-state index is -0.160. The first kappa shape index (κ1) is 24.4. The molecule has 172 valence electrons. The van der Waals surface area contributed by atoms with Gasteiger partial charge in [0, 0.05) is 23.7 Å². The first-order chi connectivity index (χ1) is 16.8. The van der Waals surface area contributed by atoms with E-state index in [0.717, 1.165) is 22.3 Å². The lowest BCUT2D eigenvalue weighted by atomic mass is 9.90. The fraction of sp³-hybridized carbons (Fsp3) is 0.0357. The summed E-state index contributed by atoms with van der Waals surface area (Å²) in [6, 6.07) is 30.3. The molecule has 0 aliphatic heterocycles. The highest BCUT2D eigenvalue weighted by Gasteiger charge is 2.18. The van der Waals surface area contributed by atoms with Gasteiger partial charge in [-0.3, -0.25) is 4.79 Å². The number of carbonyl (C=O) groups excluding carboxylic acids is 1. The second-order valence-corrected chi connectivity index (χ2v) is 7.62. The maximum absolute atomic E-state index is 10.7. The summed E-state index contributed by atoms with van der Waals surface area (Å²) in [5, 5.41) is 21.6. The fourth-order valence-electron chi connectivity index (χ4n) is 3.51. The summed E-state index contributed by atoms with van der Waals surface area (Å²) in [4.78, 5) is 10.7. The van der Waals surface area contributed by atoms with E-state index >= 15 is 0 Å². The zero-order chi connectivity index (χ0) is 25.4. The number of rotatable bonds is 3. The van der Waals surface area contributed by atoms with Gasteiger partial charge in [0.05, 0.1) is 28.2 Å². The molecule has 0 radical (unpaired) electrons. The predicted molar refractivity (Wildman–Crippen MR) is 141 cm³/mol. The summed E-state index contributed by atoms with van der Waals surface area (Å²) in [5.41, 5.74) is 23.0. The van der Waals surface area contributed by atoms with E-state index in [1.807, 2.05) is 66.7 Å². The van der Waals surface area contributed by atoms with Gasteiger partial charge in [0.1, 0.15) is 12.1 Å². The molecule has 4 aromatic rings. The Hall–Kier alpha value is -5.27. The molecular formula is C28H24N6O. The number of nitriles is 2.